The highest BCUT2D eigenvalue weighted by Crippen LogP contribution is 2.27. The van der Waals surface area contributed by atoms with Gasteiger partial charge in [0.15, 0.2) is 0 Å². The summed E-state index contributed by atoms with van der Waals surface area (Å²) in [5.41, 5.74) is 2.66. The van der Waals surface area contributed by atoms with Crippen molar-refractivity contribution >= 4 is 28.5 Å². The number of nitrogens with zero attached hydrogens (tertiary/aromatic N) is 2. The van der Waals surface area contributed by atoms with Crippen molar-refractivity contribution in [2.45, 2.75) is 56.6 Å². The van der Waals surface area contributed by atoms with Crippen LogP contribution in [0.4, 0.5) is 0 Å². The largest absolute Gasteiger partial charge is 0.458 e. The summed E-state index contributed by atoms with van der Waals surface area (Å²) in [5, 5.41) is 10.0. The van der Waals surface area contributed by atoms with Crippen LogP contribution in [0.5, 0.6) is 0 Å². The van der Waals surface area contributed by atoms with Gasteiger partial charge in [-0.1, -0.05) is 31.2 Å². The average molecular weight is 451 g/mol. The predicted octanol–water partition coefficient (Wildman–Crippen LogP) is 3.59. The molecule has 0 saturated heterocycles. The highest BCUT2D eigenvalue weighted by Gasteiger charge is 2.20. The van der Waals surface area contributed by atoms with Crippen LogP contribution in [-0.4, -0.2) is 51.7 Å². The lowest BCUT2D eigenvalue weighted by molar-refractivity contribution is -0.147. The van der Waals surface area contributed by atoms with Crippen molar-refractivity contribution in [3.63, 3.8) is 0 Å². The molecule has 1 aliphatic rings. The van der Waals surface area contributed by atoms with Crippen molar-refractivity contribution in [1.82, 2.24) is 4.98 Å². The Morgan fingerprint density at radius 2 is 2.27 bits per heavy atom. The van der Waals surface area contributed by atoms with Crippen LogP contribution < -0.4 is 0 Å². The van der Waals surface area contributed by atoms with E-state index >= 15 is 0 Å². The number of unbranched alkanes of at least 4 members (excludes halogenated alkanes) is 1. The van der Waals surface area contributed by atoms with Gasteiger partial charge in [0.1, 0.15) is 17.2 Å². The van der Waals surface area contributed by atoms with Crippen LogP contribution in [0.3, 0.4) is 0 Å². The number of thioether (sulfide) groups is 1. The van der Waals surface area contributed by atoms with Crippen LogP contribution in [0.25, 0.3) is 0 Å². The van der Waals surface area contributed by atoms with E-state index in [4.69, 9.17) is 9.47 Å². The molecule has 0 aromatic carbocycles. The summed E-state index contributed by atoms with van der Waals surface area (Å²) < 4.78 is 23.2. The maximum Gasteiger partial charge on any atom is 0.316 e. The molecule has 30 heavy (non-hydrogen) atoms. The minimum Gasteiger partial charge on any atom is -0.458 e. The Labute approximate surface area is 185 Å². The second kappa shape index (κ2) is 13.6. The molecule has 6 nitrogen and oxygen atoms in total. The van der Waals surface area contributed by atoms with Crippen LogP contribution in [0, 0.1) is 11.3 Å². The van der Waals surface area contributed by atoms with Crippen LogP contribution in [0.1, 0.15) is 49.4 Å². The van der Waals surface area contributed by atoms with Crippen LogP contribution in [-0.2, 0) is 37.9 Å². The Morgan fingerprint density at radius 1 is 1.47 bits per heavy atom. The summed E-state index contributed by atoms with van der Waals surface area (Å²) in [7, 11) is -1.06. The van der Waals surface area contributed by atoms with Gasteiger partial charge in [-0.25, -0.2) is 4.98 Å². The van der Waals surface area contributed by atoms with Crippen molar-refractivity contribution in [2.75, 3.05) is 30.5 Å². The Morgan fingerprint density at radius 3 is 3.00 bits per heavy atom. The van der Waals surface area contributed by atoms with Gasteiger partial charge < -0.3 is 9.47 Å². The minimum absolute atomic E-state index is 0.0417. The molecule has 0 spiro atoms. The quantitative estimate of drug-likeness (QED) is 0.196. The molecule has 0 bridgehead atoms. The second-order valence-electron chi connectivity index (χ2n) is 7.16. The number of fused-ring (bicyclic) bond motifs is 1. The Bertz CT molecular complexity index is 792. The number of pyridine rings is 1. The first-order valence-electron chi connectivity index (χ1n) is 10.4. The van der Waals surface area contributed by atoms with Gasteiger partial charge in [-0.3, -0.25) is 9.00 Å². The summed E-state index contributed by atoms with van der Waals surface area (Å²) >= 11 is 1.21. The van der Waals surface area contributed by atoms with E-state index in [2.05, 4.69) is 17.6 Å². The zero-order valence-electron chi connectivity index (χ0n) is 17.6. The first-order valence-corrected chi connectivity index (χ1v) is 12.8. The smallest absolute Gasteiger partial charge is 0.316 e. The van der Waals surface area contributed by atoms with E-state index in [0.29, 0.717) is 22.9 Å². The van der Waals surface area contributed by atoms with Crippen LogP contribution in [0.2, 0.25) is 0 Å². The number of carbonyl (C=O) groups excluding carboxylic acids is 1. The van der Waals surface area contributed by atoms with Gasteiger partial charge in [-0.15, -0.1) is 6.58 Å². The lowest BCUT2D eigenvalue weighted by Crippen LogP contribution is -2.30. The maximum absolute atomic E-state index is 12.4. The van der Waals surface area contributed by atoms with Gasteiger partial charge >= 0.3 is 5.97 Å². The van der Waals surface area contributed by atoms with Gasteiger partial charge in [0.05, 0.1) is 30.3 Å². The molecule has 0 amide bonds. The molecule has 2 unspecified atom stereocenters. The van der Waals surface area contributed by atoms with Gasteiger partial charge in [-0.2, -0.15) is 5.26 Å². The van der Waals surface area contributed by atoms with E-state index < -0.39 is 22.9 Å². The molecule has 0 N–H and O–H groups in total. The average Bonchev–Trinajstić information content (AvgIpc) is 2.75. The molecule has 0 fully saturated rings. The maximum atomic E-state index is 12.4. The third-order valence-electron chi connectivity index (χ3n) is 4.65. The molecule has 8 heteroatoms. The SMILES string of the molecule is C=CCOCC(CS(=O)CCCC)OC(=O)CSc1nc2c(cc1C#N)CCCC2. The van der Waals surface area contributed by atoms with Gasteiger partial charge in [-0.05, 0) is 43.7 Å². The van der Waals surface area contributed by atoms with Crippen molar-refractivity contribution < 1.29 is 18.5 Å². The molecule has 0 saturated carbocycles. The number of hydrogen-bond donors (Lipinski definition) is 0. The minimum atomic E-state index is -1.06. The molecule has 164 valence electrons. The van der Waals surface area contributed by atoms with Crippen LogP contribution >= 0.6 is 11.8 Å². The third-order valence-corrected chi connectivity index (χ3v) is 7.10. The monoisotopic (exact) mass is 450 g/mol. The van der Waals surface area contributed by atoms with Crippen molar-refractivity contribution in [3.8, 4) is 6.07 Å². The molecule has 2 atom stereocenters. The van der Waals surface area contributed by atoms with Crippen molar-refractivity contribution in [2.24, 2.45) is 0 Å². The summed E-state index contributed by atoms with van der Waals surface area (Å²) in [6.45, 7) is 6.17. The Kier molecular flexibility index (Phi) is 11.1. The summed E-state index contributed by atoms with van der Waals surface area (Å²) in [4.78, 5) is 17.0. The zero-order chi connectivity index (χ0) is 21.8. The summed E-state index contributed by atoms with van der Waals surface area (Å²) in [6.07, 6.45) is 6.96. The fraction of sp³-hybridized carbons (Fsp3) is 0.591. The number of ether oxygens (including phenoxy) is 2. The number of carbonyl (C=O) groups is 1. The van der Waals surface area contributed by atoms with E-state index in [1.165, 1.54) is 11.8 Å². The first-order chi connectivity index (χ1) is 14.6. The van der Waals surface area contributed by atoms with E-state index in [1.807, 2.05) is 13.0 Å². The predicted molar refractivity (Wildman–Crippen MR) is 120 cm³/mol. The van der Waals surface area contributed by atoms with Gasteiger partial charge in [0.25, 0.3) is 0 Å². The highest BCUT2D eigenvalue weighted by molar-refractivity contribution is 7.99. The van der Waals surface area contributed by atoms with E-state index in [1.54, 1.807) is 6.08 Å². The molecule has 1 aromatic rings. The standard InChI is InChI=1S/C22H30N2O4S2/c1-3-5-11-30(26)16-19(14-27-10-4-2)28-21(25)15-29-22-18(13-23)12-17-8-6-7-9-20(17)24-22/h4,12,19H,2-3,5-11,14-16H2,1H3. The summed E-state index contributed by atoms with van der Waals surface area (Å²) in [6, 6.07) is 4.09. The molecular weight excluding hydrogens is 420 g/mol. The fourth-order valence-electron chi connectivity index (χ4n) is 3.15. The van der Waals surface area contributed by atoms with Crippen molar-refractivity contribution in [1.29, 1.82) is 5.26 Å². The number of nitriles is 1. The van der Waals surface area contributed by atoms with E-state index in [0.717, 1.165) is 49.8 Å². The lowest BCUT2D eigenvalue weighted by Gasteiger charge is -2.18. The van der Waals surface area contributed by atoms with Gasteiger partial charge in [0.2, 0.25) is 0 Å². The topological polar surface area (TPSA) is 89.3 Å². The molecule has 1 aliphatic carbocycles. The fourth-order valence-corrected chi connectivity index (χ4v) is 5.26. The Balaban J connectivity index is 1.94. The number of aryl methyl sites for hydroxylation is 2. The third kappa shape index (κ3) is 8.21. The molecule has 1 heterocycles. The first kappa shape index (κ1) is 24.6. The Hall–Kier alpha value is -1.69. The van der Waals surface area contributed by atoms with Crippen molar-refractivity contribution in [3.05, 3.63) is 35.5 Å². The van der Waals surface area contributed by atoms with E-state index in [-0.39, 0.29) is 18.1 Å². The zero-order valence-corrected chi connectivity index (χ0v) is 19.2. The number of esters is 1. The lowest BCUT2D eigenvalue weighted by atomic mass is 9.95. The second-order valence-corrected chi connectivity index (χ2v) is 9.74. The van der Waals surface area contributed by atoms with Crippen LogP contribution in [0.15, 0.2) is 23.7 Å². The van der Waals surface area contributed by atoms with E-state index in [9.17, 15) is 14.3 Å². The summed E-state index contributed by atoms with van der Waals surface area (Å²) in [5.74, 6) is 0.461. The number of rotatable bonds is 13. The number of aromatic nitrogens is 1. The highest BCUT2D eigenvalue weighted by atomic mass is 32.2. The molecule has 2 rings (SSSR count). The molecular formula is C22H30N2O4S2. The number of hydrogen-bond acceptors (Lipinski definition) is 7. The molecule has 1 aromatic heterocycles. The normalized spacial score (nSPS) is 14.9. The van der Waals surface area contributed by atoms with Gasteiger partial charge in [0, 0.05) is 22.2 Å². The molecule has 0 radical (unpaired) electrons. The molecule has 0 aliphatic heterocycles.